The van der Waals surface area contributed by atoms with Gasteiger partial charge in [0, 0.05) is 40.7 Å². The van der Waals surface area contributed by atoms with E-state index in [-0.39, 0.29) is 24.4 Å². The fourth-order valence-corrected chi connectivity index (χ4v) is 3.86. The maximum atomic E-state index is 12.4. The second-order valence-corrected chi connectivity index (χ2v) is 6.74. The van der Waals surface area contributed by atoms with Gasteiger partial charge in [0.25, 0.3) is 0 Å². The fraction of sp³-hybridized carbons (Fsp3) is 0.533. The summed E-state index contributed by atoms with van der Waals surface area (Å²) in [4.78, 5) is 12.4. The predicted molar refractivity (Wildman–Crippen MR) is 89.3 cm³/mol. The Morgan fingerprint density at radius 2 is 2.09 bits per heavy atom. The molecule has 2 heterocycles. The monoisotopic (exact) mass is 358 g/mol. The minimum Gasteiger partial charge on any atom is -0.386 e. The van der Waals surface area contributed by atoms with E-state index in [4.69, 9.17) is 23.2 Å². The first-order valence-electron chi connectivity index (χ1n) is 7.69. The molecule has 23 heavy (non-hydrogen) atoms. The van der Waals surface area contributed by atoms with Crippen LogP contribution in [0.4, 0.5) is 0 Å². The summed E-state index contributed by atoms with van der Waals surface area (Å²) in [5, 5.41) is 17.1. The number of hydrogen-bond acceptors (Lipinski definition) is 5. The van der Waals surface area contributed by atoms with Crippen LogP contribution in [0.15, 0.2) is 18.2 Å². The molecule has 5 N–H and O–H groups in total. The molecule has 0 saturated carbocycles. The smallest absolute Gasteiger partial charge is 0.238 e. The van der Waals surface area contributed by atoms with E-state index in [1.165, 1.54) is 0 Å². The van der Waals surface area contributed by atoms with Crippen LogP contribution in [0.1, 0.15) is 18.1 Å². The highest BCUT2D eigenvalue weighted by molar-refractivity contribution is 6.36. The molecule has 2 aliphatic rings. The van der Waals surface area contributed by atoms with Crippen LogP contribution in [0.3, 0.4) is 0 Å². The number of nitrogens with one attached hydrogen (secondary N) is 4. The number of rotatable bonds is 4. The number of aliphatic hydroxyl groups is 1. The normalized spacial score (nSPS) is 28.2. The third-order valence-electron chi connectivity index (χ3n) is 4.47. The summed E-state index contributed by atoms with van der Waals surface area (Å²) in [6.07, 6.45) is 0.0362. The van der Waals surface area contributed by atoms with Crippen molar-refractivity contribution in [2.45, 2.75) is 24.6 Å². The van der Waals surface area contributed by atoms with Gasteiger partial charge in [0.1, 0.15) is 6.04 Å². The highest BCUT2D eigenvalue weighted by atomic mass is 35.5. The molecule has 1 amide bonds. The van der Waals surface area contributed by atoms with Crippen LogP contribution in [-0.2, 0) is 4.79 Å². The Morgan fingerprint density at radius 1 is 1.35 bits per heavy atom. The number of halogens is 2. The number of fused-ring (bicyclic) bond motifs is 1. The topological polar surface area (TPSA) is 85.4 Å². The van der Waals surface area contributed by atoms with E-state index in [1.54, 1.807) is 18.2 Å². The Kier molecular flexibility index (Phi) is 5.41. The van der Waals surface area contributed by atoms with Gasteiger partial charge in [-0.1, -0.05) is 29.3 Å². The van der Waals surface area contributed by atoms with Crippen LogP contribution in [0.5, 0.6) is 0 Å². The van der Waals surface area contributed by atoms with Gasteiger partial charge in [-0.3, -0.25) is 10.2 Å². The van der Waals surface area contributed by atoms with Crippen molar-refractivity contribution in [1.29, 1.82) is 0 Å². The number of benzene rings is 1. The zero-order chi connectivity index (χ0) is 16.4. The Balaban J connectivity index is 1.58. The number of piperidine rings is 1. The van der Waals surface area contributed by atoms with Crippen molar-refractivity contribution in [3.05, 3.63) is 33.8 Å². The molecule has 0 aromatic heterocycles. The predicted octanol–water partition coefficient (Wildman–Crippen LogP) is 0.597. The summed E-state index contributed by atoms with van der Waals surface area (Å²) >= 11 is 12.1. The van der Waals surface area contributed by atoms with E-state index in [2.05, 4.69) is 21.5 Å². The first-order valence-corrected chi connectivity index (χ1v) is 8.45. The summed E-state index contributed by atoms with van der Waals surface area (Å²) in [6, 6.07) is 5.02. The lowest BCUT2D eigenvalue weighted by atomic mass is 9.89. The van der Waals surface area contributed by atoms with Gasteiger partial charge < -0.3 is 15.7 Å². The molecule has 2 fully saturated rings. The lowest BCUT2D eigenvalue weighted by Crippen LogP contribution is -2.49. The number of carbonyl (C=O) groups is 1. The molecular weight excluding hydrogens is 339 g/mol. The molecule has 6 nitrogen and oxygen atoms in total. The van der Waals surface area contributed by atoms with E-state index in [0.29, 0.717) is 21.7 Å². The van der Waals surface area contributed by atoms with Gasteiger partial charge in [0.05, 0.1) is 6.10 Å². The van der Waals surface area contributed by atoms with Crippen LogP contribution in [0, 0.1) is 5.92 Å². The summed E-state index contributed by atoms with van der Waals surface area (Å²) < 4.78 is 0. The fourth-order valence-electron chi connectivity index (χ4n) is 3.21. The summed E-state index contributed by atoms with van der Waals surface area (Å²) in [5.41, 5.74) is 6.66. The third kappa shape index (κ3) is 3.63. The molecule has 0 aliphatic carbocycles. The summed E-state index contributed by atoms with van der Waals surface area (Å²) in [5.74, 6) is 0.0562. The second kappa shape index (κ2) is 7.34. The first kappa shape index (κ1) is 17.0. The van der Waals surface area contributed by atoms with Crippen molar-refractivity contribution in [1.82, 2.24) is 21.5 Å². The van der Waals surface area contributed by atoms with Gasteiger partial charge in [-0.15, -0.1) is 0 Å². The minimum atomic E-state index is -0.949. The molecule has 1 aromatic carbocycles. The van der Waals surface area contributed by atoms with Crippen molar-refractivity contribution < 1.29 is 9.90 Å². The maximum absolute atomic E-state index is 12.4. The summed E-state index contributed by atoms with van der Waals surface area (Å²) in [6.45, 7) is 1.81. The second-order valence-electron chi connectivity index (χ2n) is 5.93. The lowest BCUT2D eigenvalue weighted by Gasteiger charge is -2.27. The molecule has 1 aromatic rings. The van der Waals surface area contributed by atoms with Crippen molar-refractivity contribution in [3.63, 3.8) is 0 Å². The zero-order valence-electron chi connectivity index (χ0n) is 12.5. The molecule has 2 saturated heterocycles. The molecule has 126 valence electrons. The SMILES string of the molecule is O=C(NCC(O)c1c(Cl)cccc1Cl)C1NNC2CCNCC21. The number of amides is 1. The van der Waals surface area contributed by atoms with Crippen LogP contribution in [-0.4, -0.2) is 42.7 Å². The first-order chi connectivity index (χ1) is 11.1. The van der Waals surface area contributed by atoms with E-state index < -0.39 is 6.10 Å². The van der Waals surface area contributed by atoms with Crippen LogP contribution < -0.4 is 21.5 Å². The van der Waals surface area contributed by atoms with Crippen molar-refractivity contribution in [2.75, 3.05) is 19.6 Å². The number of aliphatic hydroxyl groups excluding tert-OH is 1. The molecule has 3 rings (SSSR count). The van der Waals surface area contributed by atoms with Crippen LogP contribution in [0.25, 0.3) is 0 Å². The molecule has 0 spiro atoms. The minimum absolute atomic E-state index is 0.0608. The Hall–Kier alpha value is -0.890. The van der Waals surface area contributed by atoms with Crippen LogP contribution >= 0.6 is 23.2 Å². The van der Waals surface area contributed by atoms with Gasteiger partial charge in [-0.2, -0.15) is 0 Å². The molecule has 0 bridgehead atoms. The quantitative estimate of drug-likeness (QED) is 0.544. The molecule has 4 atom stereocenters. The molecule has 4 unspecified atom stereocenters. The van der Waals surface area contributed by atoms with Gasteiger partial charge in [0.2, 0.25) is 5.91 Å². The number of hydrogen-bond donors (Lipinski definition) is 5. The highest BCUT2D eigenvalue weighted by Crippen LogP contribution is 2.30. The number of hydrazine groups is 1. The standard InChI is InChI=1S/C15H20Cl2N4O2/c16-9-2-1-3-10(17)13(9)12(22)7-19-15(23)14-8-6-18-5-4-11(8)20-21-14/h1-3,8,11-12,14,18,20-22H,4-7H2,(H,19,23). The van der Waals surface area contributed by atoms with E-state index in [9.17, 15) is 9.90 Å². The zero-order valence-corrected chi connectivity index (χ0v) is 14.0. The van der Waals surface area contributed by atoms with Crippen LogP contribution in [0.2, 0.25) is 10.0 Å². The van der Waals surface area contributed by atoms with Gasteiger partial charge >= 0.3 is 0 Å². The van der Waals surface area contributed by atoms with Crippen molar-refractivity contribution in [2.24, 2.45) is 5.92 Å². The molecule has 8 heteroatoms. The summed E-state index contributed by atoms with van der Waals surface area (Å²) in [7, 11) is 0. The van der Waals surface area contributed by atoms with Gasteiger partial charge in [0.15, 0.2) is 0 Å². The van der Waals surface area contributed by atoms with Gasteiger partial charge in [-0.25, -0.2) is 5.43 Å². The van der Waals surface area contributed by atoms with E-state index in [0.717, 1.165) is 19.5 Å². The molecule has 0 radical (unpaired) electrons. The Bertz CT molecular complexity index is 566. The largest absolute Gasteiger partial charge is 0.386 e. The highest BCUT2D eigenvalue weighted by Gasteiger charge is 2.41. The molecule has 2 aliphatic heterocycles. The number of carbonyl (C=O) groups excluding carboxylic acids is 1. The van der Waals surface area contributed by atoms with Gasteiger partial charge in [-0.05, 0) is 25.1 Å². The Labute approximate surface area is 144 Å². The van der Waals surface area contributed by atoms with Crippen molar-refractivity contribution >= 4 is 29.1 Å². The van der Waals surface area contributed by atoms with E-state index in [1.807, 2.05) is 0 Å². The molecular formula is C15H20Cl2N4O2. The third-order valence-corrected chi connectivity index (χ3v) is 5.13. The Morgan fingerprint density at radius 3 is 2.83 bits per heavy atom. The average molecular weight is 359 g/mol. The van der Waals surface area contributed by atoms with Crippen molar-refractivity contribution in [3.8, 4) is 0 Å². The maximum Gasteiger partial charge on any atom is 0.238 e. The van der Waals surface area contributed by atoms with E-state index >= 15 is 0 Å². The average Bonchev–Trinajstić information content (AvgIpc) is 2.96. The lowest BCUT2D eigenvalue weighted by molar-refractivity contribution is -0.124.